The maximum absolute atomic E-state index is 14.0. The number of thiophene rings is 1. The number of carbonyl (C=O) groups excluding carboxylic acids is 1. The number of amides is 1. The summed E-state index contributed by atoms with van der Waals surface area (Å²) >= 11 is 1.45. The van der Waals surface area contributed by atoms with E-state index in [2.05, 4.69) is 10.1 Å². The van der Waals surface area contributed by atoms with Crippen molar-refractivity contribution < 1.29 is 22.1 Å². The van der Waals surface area contributed by atoms with Crippen LogP contribution in [-0.4, -0.2) is 49.2 Å². The highest BCUT2D eigenvalue weighted by molar-refractivity contribution is 7.92. The van der Waals surface area contributed by atoms with E-state index in [1.165, 1.54) is 41.5 Å². The van der Waals surface area contributed by atoms with Gasteiger partial charge in [-0.25, -0.2) is 12.8 Å². The Balaban J connectivity index is 1.72. The van der Waals surface area contributed by atoms with Crippen molar-refractivity contribution in [3.05, 3.63) is 53.5 Å². The zero-order valence-electron chi connectivity index (χ0n) is 15.1. The van der Waals surface area contributed by atoms with Crippen LogP contribution in [0.15, 0.2) is 46.3 Å². The van der Waals surface area contributed by atoms with Gasteiger partial charge < -0.3 is 9.42 Å². The number of anilines is 1. The minimum absolute atomic E-state index is 0.00785. The van der Waals surface area contributed by atoms with Crippen LogP contribution in [0.2, 0.25) is 0 Å². The molecule has 0 saturated carbocycles. The average Bonchev–Trinajstić information content (AvgIpc) is 3.30. The fourth-order valence-electron chi connectivity index (χ4n) is 2.39. The number of likely N-dealkylation sites (N-methyl/N-ethyl adjacent to an activating group) is 1. The van der Waals surface area contributed by atoms with Crippen molar-refractivity contribution in [2.75, 3.05) is 24.2 Å². The first-order chi connectivity index (χ1) is 13.3. The number of hydrogen-bond acceptors (Lipinski definition) is 7. The molecule has 0 saturated heterocycles. The van der Waals surface area contributed by atoms with E-state index < -0.39 is 28.3 Å². The SMILES string of the molecule is CN(Cc1nc(-c2cccs2)no1)C(=O)CN(c1ccccc1F)S(C)(=O)=O. The normalized spacial score (nSPS) is 11.4. The van der Waals surface area contributed by atoms with E-state index in [1.54, 1.807) is 0 Å². The fraction of sp³-hybridized carbons (Fsp3) is 0.235. The van der Waals surface area contributed by atoms with E-state index in [4.69, 9.17) is 4.52 Å². The second kappa shape index (κ2) is 8.07. The molecule has 3 rings (SSSR count). The lowest BCUT2D eigenvalue weighted by atomic mass is 10.3. The standard InChI is InChI=1S/C17H17FN4O4S2/c1-21(10-15-19-17(20-26-15)14-8-5-9-27-14)16(23)11-22(28(2,24)25)13-7-4-3-6-12(13)18/h3-9H,10-11H2,1-2H3. The van der Waals surface area contributed by atoms with Gasteiger partial charge >= 0.3 is 0 Å². The minimum Gasteiger partial charge on any atom is -0.337 e. The predicted octanol–water partition coefficient (Wildman–Crippen LogP) is 2.36. The summed E-state index contributed by atoms with van der Waals surface area (Å²) in [6, 6.07) is 9.06. The molecule has 0 atom stereocenters. The molecule has 11 heteroatoms. The van der Waals surface area contributed by atoms with Crippen LogP contribution in [0.3, 0.4) is 0 Å². The van der Waals surface area contributed by atoms with Gasteiger partial charge in [0.2, 0.25) is 27.6 Å². The molecule has 3 aromatic rings. The number of aromatic nitrogens is 2. The highest BCUT2D eigenvalue weighted by Gasteiger charge is 2.25. The van der Waals surface area contributed by atoms with E-state index >= 15 is 0 Å². The topological polar surface area (TPSA) is 96.6 Å². The van der Waals surface area contributed by atoms with Crippen LogP contribution >= 0.6 is 11.3 Å². The summed E-state index contributed by atoms with van der Waals surface area (Å²) in [6.07, 6.45) is 0.915. The number of nitrogens with zero attached hydrogens (tertiary/aromatic N) is 4. The van der Waals surface area contributed by atoms with Crippen LogP contribution in [0.25, 0.3) is 10.7 Å². The van der Waals surface area contributed by atoms with E-state index in [9.17, 15) is 17.6 Å². The van der Waals surface area contributed by atoms with Crippen LogP contribution in [0.1, 0.15) is 5.89 Å². The Hall–Kier alpha value is -2.79. The number of sulfonamides is 1. The summed E-state index contributed by atoms with van der Waals surface area (Å²) < 4.78 is 44.1. The van der Waals surface area contributed by atoms with Crippen molar-refractivity contribution in [3.8, 4) is 10.7 Å². The molecule has 0 bridgehead atoms. The molecule has 0 aliphatic heterocycles. The van der Waals surface area contributed by atoms with Crippen molar-refractivity contribution in [2.24, 2.45) is 0 Å². The molecular formula is C17H17FN4O4S2. The van der Waals surface area contributed by atoms with Crippen molar-refractivity contribution >= 4 is 33.0 Å². The van der Waals surface area contributed by atoms with E-state index in [1.807, 2.05) is 17.5 Å². The molecule has 8 nitrogen and oxygen atoms in total. The van der Waals surface area contributed by atoms with Gasteiger partial charge in [0.25, 0.3) is 0 Å². The Morgan fingerprint density at radius 2 is 2.00 bits per heavy atom. The Bertz CT molecular complexity index is 1070. The van der Waals surface area contributed by atoms with Gasteiger partial charge in [0, 0.05) is 7.05 Å². The maximum atomic E-state index is 14.0. The summed E-state index contributed by atoms with van der Waals surface area (Å²) in [7, 11) is -2.40. The molecule has 0 aliphatic rings. The molecule has 0 unspecified atom stereocenters. The van der Waals surface area contributed by atoms with E-state index in [0.717, 1.165) is 21.5 Å². The molecule has 0 radical (unpaired) electrons. The molecule has 0 N–H and O–H groups in total. The highest BCUT2D eigenvalue weighted by atomic mass is 32.2. The van der Waals surface area contributed by atoms with Gasteiger partial charge in [-0.3, -0.25) is 9.10 Å². The van der Waals surface area contributed by atoms with Gasteiger partial charge in [0.15, 0.2) is 0 Å². The molecule has 0 aliphatic carbocycles. The first kappa shape index (κ1) is 20.0. The lowest BCUT2D eigenvalue weighted by molar-refractivity contribution is -0.129. The summed E-state index contributed by atoms with van der Waals surface area (Å²) in [6.45, 7) is -0.561. The van der Waals surface area contributed by atoms with Crippen LogP contribution in [0.5, 0.6) is 0 Å². The number of para-hydroxylation sites is 1. The molecule has 1 amide bonds. The average molecular weight is 424 g/mol. The second-order valence-electron chi connectivity index (χ2n) is 5.96. The largest absolute Gasteiger partial charge is 0.337 e. The third kappa shape index (κ3) is 4.54. The van der Waals surface area contributed by atoms with Gasteiger partial charge in [0.1, 0.15) is 12.4 Å². The van der Waals surface area contributed by atoms with Crippen LogP contribution in [0, 0.1) is 5.82 Å². The van der Waals surface area contributed by atoms with Crippen LogP contribution < -0.4 is 4.31 Å². The Morgan fingerprint density at radius 1 is 1.25 bits per heavy atom. The lowest BCUT2D eigenvalue weighted by Crippen LogP contribution is -2.41. The number of rotatable bonds is 7. The maximum Gasteiger partial charge on any atom is 0.246 e. The third-order valence-corrected chi connectivity index (χ3v) is 5.80. The Morgan fingerprint density at radius 3 is 2.64 bits per heavy atom. The van der Waals surface area contributed by atoms with Gasteiger partial charge in [-0.1, -0.05) is 23.4 Å². The summed E-state index contributed by atoms with van der Waals surface area (Å²) in [4.78, 5) is 18.8. The monoisotopic (exact) mass is 424 g/mol. The van der Waals surface area contributed by atoms with Gasteiger partial charge in [-0.2, -0.15) is 4.98 Å². The molecule has 1 aromatic carbocycles. The van der Waals surface area contributed by atoms with Crippen LogP contribution in [0.4, 0.5) is 10.1 Å². The van der Waals surface area contributed by atoms with Crippen molar-refractivity contribution in [1.29, 1.82) is 0 Å². The van der Waals surface area contributed by atoms with E-state index in [-0.39, 0.29) is 18.1 Å². The zero-order valence-corrected chi connectivity index (χ0v) is 16.7. The first-order valence-electron chi connectivity index (χ1n) is 8.08. The van der Waals surface area contributed by atoms with Gasteiger partial charge in [-0.15, -0.1) is 11.3 Å². The van der Waals surface area contributed by atoms with E-state index in [0.29, 0.717) is 5.82 Å². The molecule has 0 spiro atoms. The molecule has 28 heavy (non-hydrogen) atoms. The van der Waals surface area contributed by atoms with Crippen molar-refractivity contribution in [2.45, 2.75) is 6.54 Å². The molecular weight excluding hydrogens is 407 g/mol. The zero-order chi connectivity index (χ0) is 20.3. The molecule has 0 fully saturated rings. The summed E-state index contributed by atoms with van der Waals surface area (Å²) in [5, 5.41) is 5.74. The predicted molar refractivity (Wildman–Crippen MR) is 103 cm³/mol. The minimum atomic E-state index is -3.87. The quantitative estimate of drug-likeness (QED) is 0.578. The number of hydrogen-bond donors (Lipinski definition) is 0. The van der Waals surface area contributed by atoms with Gasteiger partial charge in [0.05, 0.1) is 23.4 Å². The Kier molecular flexibility index (Phi) is 5.75. The molecule has 2 aromatic heterocycles. The fourth-order valence-corrected chi connectivity index (χ4v) is 3.89. The van der Waals surface area contributed by atoms with Crippen molar-refractivity contribution in [1.82, 2.24) is 15.0 Å². The van der Waals surface area contributed by atoms with Crippen LogP contribution in [-0.2, 0) is 21.4 Å². The van der Waals surface area contributed by atoms with Gasteiger partial charge in [-0.05, 0) is 23.6 Å². The smallest absolute Gasteiger partial charge is 0.246 e. The molecule has 148 valence electrons. The molecule has 2 heterocycles. The highest BCUT2D eigenvalue weighted by Crippen LogP contribution is 2.23. The second-order valence-corrected chi connectivity index (χ2v) is 8.81. The number of carbonyl (C=O) groups is 1. The summed E-state index contributed by atoms with van der Waals surface area (Å²) in [5.74, 6) is -0.670. The Labute approximate surface area is 165 Å². The summed E-state index contributed by atoms with van der Waals surface area (Å²) in [5.41, 5.74) is -0.190. The lowest BCUT2D eigenvalue weighted by Gasteiger charge is -2.24. The first-order valence-corrected chi connectivity index (χ1v) is 10.8. The third-order valence-electron chi connectivity index (χ3n) is 3.81. The van der Waals surface area contributed by atoms with Crippen molar-refractivity contribution in [3.63, 3.8) is 0 Å². The number of halogens is 1. The number of benzene rings is 1.